The summed E-state index contributed by atoms with van der Waals surface area (Å²) in [5.74, 6) is -4.91. The lowest BCUT2D eigenvalue weighted by Gasteiger charge is -2.27. The van der Waals surface area contributed by atoms with Gasteiger partial charge in [-0.25, -0.2) is 26.3 Å². The van der Waals surface area contributed by atoms with Gasteiger partial charge < -0.3 is 10.2 Å². The van der Waals surface area contributed by atoms with Crippen LogP contribution in [0.2, 0.25) is 0 Å². The maximum Gasteiger partial charge on any atom is 0.243 e. The Morgan fingerprint density at radius 3 is 2.50 bits per heavy atom. The number of hydrogen-bond donors (Lipinski definition) is 2. The van der Waals surface area contributed by atoms with E-state index < -0.39 is 32.4 Å². The third-order valence-electron chi connectivity index (χ3n) is 3.44. The Labute approximate surface area is 127 Å². The number of rotatable bonds is 6. The van der Waals surface area contributed by atoms with Gasteiger partial charge in [0.05, 0.1) is 0 Å². The lowest BCUT2D eigenvalue weighted by atomic mass is 10.3. The van der Waals surface area contributed by atoms with Gasteiger partial charge in [0.25, 0.3) is 0 Å². The second kappa shape index (κ2) is 7.40. The van der Waals surface area contributed by atoms with Crippen LogP contribution in [0.4, 0.5) is 13.2 Å². The normalized spacial score (nSPS) is 16.9. The van der Waals surface area contributed by atoms with Crippen LogP contribution in [-0.2, 0) is 10.0 Å². The highest BCUT2D eigenvalue weighted by Crippen LogP contribution is 2.19. The van der Waals surface area contributed by atoms with Crippen LogP contribution in [0.1, 0.15) is 6.42 Å². The van der Waals surface area contributed by atoms with E-state index in [1.54, 1.807) is 0 Å². The minimum absolute atomic E-state index is 0.102. The van der Waals surface area contributed by atoms with Crippen LogP contribution in [-0.4, -0.2) is 52.6 Å². The van der Waals surface area contributed by atoms with Gasteiger partial charge in [0, 0.05) is 32.7 Å². The fourth-order valence-electron chi connectivity index (χ4n) is 2.24. The van der Waals surface area contributed by atoms with Gasteiger partial charge in [-0.05, 0) is 25.1 Å². The molecule has 0 aliphatic carbocycles. The molecule has 1 heterocycles. The maximum atomic E-state index is 13.5. The molecule has 0 spiro atoms. The van der Waals surface area contributed by atoms with Gasteiger partial charge in [0.2, 0.25) is 10.0 Å². The van der Waals surface area contributed by atoms with Crippen molar-refractivity contribution < 1.29 is 21.6 Å². The third-order valence-corrected chi connectivity index (χ3v) is 4.92. The predicted molar refractivity (Wildman–Crippen MR) is 75.4 cm³/mol. The Morgan fingerprint density at radius 2 is 1.82 bits per heavy atom. The highest BCUT2D eigenvalue weighted by molar-refractivity contribution is 7.89. The summed E-state index contributed by atoms with van der Waals surface area (Å²) in [6.07, 6.45) is 0.546. The van der Waals surface area contributed by atoms with Crippen LogP contribution >= 0.6 is 0 Å². The largest absolute Gasteiger partial charge is 0.314 e. The van der Waals surface area contributed by atoms with Crippen molar-refractivity contribution >= 4 is 10.0 Å². The molecule has 5 nitrogen and oxygen atoms in total. The Bertz CT molecular complexity index is 619. The summed E-state index contributed by atoms with van der Waals surface area (Å²) in [5, 5.41) is 3.21. The SMILES string of the molecule is O=S(=O)(NCCCN1CCNCC1)c1ccc(F)c(F)c1F. The molecule has 0 aromatic heterocycles. The van der Waals surface area contributed by atoms with Gasteiger partial charge in [0.1, 0.15) is 4.90 Å². The number of benzene rings is 1. The first-order chi connectivity index (χ1) is 10.4. The van der Waals surface area contributed by atoms with Gasteiger partial charge >= 0.3 is 0 Å². The standard InChI is InChI=1S/C13H18F3N3O2S/c14-10-2-3-11(13(16)12(10)15)22(20,21)18-4-1-7-19-8-5-17-6-9-19/h2-3,17-18H,1,4-9H2. The molecule has 124 valence electrons. The van der Waals surface area contributed by atoms with E-state index in [2.05, 4.69) is 14.9 Å². The molecular weight excluding hydrogens is 319 g/mol. The highest BCUT2D eigenvalue weighted by Gasteiger charge is 2.23. The fraction of sp³-hybridized carbons (Fsp3) is 0.538. The Hall–Kier alpha value is -1.16. The smallest absolute Gasteiger partial charge is 0.243 e. The molecule has 9 heteroatoms. The Balaban J connectivity index is 1.90. The van der Waals surface area contributed by atoms with Gasteiger partial charge in [0.15, 0.2) is 17.5 Å². The zero-order valence-corrected chi connectivity index (χ0v) is 12.7. The van der Waals surface area contributed by atoms with Gasteiger partial charge in [-0.3, -0.25) is 0 Å². The van der Waals surface area contributed by atoms with Gasteiger partial charge in [-0.15, -0.1) is 0 Å². The molecule has 0 radical (unpaired) electrons. The molecule has 1 aromatic carbocycles. The molecule has 2 N–H and O–H groups in total. The van der Waals surface area contributed by atoms with Crippen LogP contribution < -0.4 is 10.0 Å². The lowest BCUT2D eigenvalue weighted by Crippen LogP contribution is -2.44. The number of piperazine rings is 1. The average Bonchev–Trinajstić information content (AvgIpc) is 2.50. The summed E-state index contributed by atoms with van der Waals surface area (Å²) < 4.78 is 65.4. The van der Waals surface area contributed by atoms with E-state index in [0.29, 0.717) is 25.1 Å². The van der Waals surface area contributed by atoms with Crippen LogP contribution in [0.15, 0.2) is 17.0 Å². The van der Waals surface area contributed by atoms with Crippen molar-refractivity contribution in [2.75, 3.05) is 39.3 Å². The third kappa shape index (κ3) is 4.19. The van der Waals surface area contributed by atoms with Crippen molar-refractivity contribution in [2.24, 2.45) is 0 Å². The van der Waals surface area contributed by atoms with E-state index in [1.165, 1.54) is 0 Å². The van der Waals surface area contributed by atoms with Crippen LogP contribution in [0.5, 0.6) is 0 Å². The quantitative estimate of drug-likeness (QED) is 0.592. The minimum atomic E-state index is -4.20. The molecular formula is C13H18F3N3O2S. The van der Waals surface area contributed by atoms with Crippen molar-refractivity contribution in [3.63, 3.8) is 0 Å². The molecule has 0 bridgehead atoms. The molecule has 2 rings (SSSR count). The van der Waals surface area contributed by atoms with Crippen LogP contribution in [0.3, 0.4) is 0 Å². The van der Waals surface area contributed by atoms with Crippen LogP contribution in [0.25, 0.3) is 0 Å². The molecule has 1 aromatic rings. The van der Waals surface area contributed by atoms with E-state index in [1.807, 2.05) is 0 Å². The Kier molecular flexibility index (Phi) is 5.79. The summed E-state index contributed by atoms with van der Waals surface area (Å²) in [4.78, 5) is 1.30. The lowest BCUT2D eigenvalue weighted by molar-refractivity contribution is 0.239. The van der Waals surface area contributed by atoms with Crippen molar-refractivity contribution in [2.45, 2.75) is 11.3 Å². The molecule has 22 heavy (non-hydrogen) atoms. The molecule has 0 unspecified atom stereocenters. The molecule has 0 amide bonds. The first-order valence-corrected chi connectivity index (χ1v) is 8.46. The minimum Gasteiger partial charge on any atom is -0.314 e. The summed E-state index contributed by atoms with van der Waals surface area (Å²) in [5.41, 5.74) is 0. The van der Waals surface area contributed by atoms with Crippen molar-refractivity contribution in [1.82, 2.24) is 14.9 Å². The predicted octanol–water partition coefficient (Wildman–Crippen LogP) is 0.677. The number of sulfonamides is 1. The van der Waals surface area contributed by atoms with Crippen LogP contribution in [0, 0.1) is 17.5 Å². The molecule has 1 fully saturated rings. The first kappa shape index (κ1) is 17.2. The van der Waals surface area contributed by atoms with E-state index in [0.717, 1.165) is 26.2 Å². The maximum absolute atomic E-state index is 13.5. The summed E-state index contributed by atoms with van der Waals surface area (Å²) in [7, 11) is -4.20. The van der Waals surface area contributed by atoms with Gasteiger partial charge in [-0.1, -0.05) is 0 Å². The summed E-state index contributed by atoms with van der Waals surface area (Å²) in [6.45, 7) is 4.39. The number of nitrogens with zero attached hydrogens (tertiary/aromatic N) is 1. The molecule has 0 atom stereocenters. The summed E-state index contributed by atoms with van der Waals surface area (Å²) in [6, 6.07) is 1.31. The zero-order chi connectivity index (χ0) is 16.2. The fourth-order valence-corrected chi connectivity index (χ4v) is 3.38. The van der Waals surface area contributed by atoms with E-state index >= 15 is 0 Å². The average molecular weight is 337 g/mol. The van der Waals surface area contributed by atoms with Crippen molar-refractivity contribution in [3.05, 3.63) is 29.6 Å². The first-order valence-electron chi connectivity index (χ1n) is 6.98. The second-order valence-corrected chi connectivity index (χ2v) is 6.75. The highest BCUT2D eigenvalue weighted by atomic mass is 32.2. The van der Waals surface area contributed by atoms with E-state index in [4.69, 9.17) is 0 Å². The van der Waals surface area contributed by atoms with E-state index in [-0.39, 0.29) is 6.54 Å². The van der Waals surface area contributed by atoms with E-state index in [9.17, 15) is 21.6 Å². The second-order valence-electron chi connectivity index (χ2n) is 5.02. The molecule has 1 saturated heterocycles. The number of hydrogen-bond acceptors (Lipinski definition) is 4. The number of nitrogens with one attached hydrogen (secondary N) is 2. The topological polar surface area (TPSA) is 61.4 Å². The van der Waals surface area contributed by atoms with Crippen molar-refractivity contribution in [1.29, 1.82) is 0 Å². The monoisotopic (exact) mass is 337 g/mol. The van der Waals surface area contributed by atoms with Crippen molar-refractivity contribution in [3.8, 4) is 0 Å². The molecule has 0 saturated carbocycles. The van der Waals surface area contributed by atoms with Gasteiger partial charge in [-0.2, -0.15) is 0 Å². The number of halogens is 3. The molecule has 1 aliphatic heterocycles. The Morgan fingerprint density at radius 1 is 1.14 bits per heavy atom. The zero-order valence-electron chi connectivity index (χ0n) is 11.9. The molecule has 1 aliphatic rings. The summed E-state index contributed by atoms with van der Waals surface area (Å²) >= 11 is 0.